The topological polar surface area (TPSA) is 74.0 Å². The van der Waals surface area contributed by atoms with Crippen LogP contribution in [0.2, 0.25) is 0 Å². The predicted molar refractivity (Wildman–Crippen MR) is 145 cm³/mol. The third-order valence-electron chi connectivity index (χ3n) is 8.31. The number of alkyl halides is 3. The maximum Gasteiger partial charge on any atom is 0.417 e. The van der Waals surface area contributed by atoms with Gasteiger partial charge in [-0.15, -0.1) is 0 Å². The van der Waals surface area contributed by atoms with Gasteiger partial charge in [-0.3, -0.25) is 0 Å². The highest BCUT2D eigenvalue weighted by atomic mass is 19.4. The number of hydrogen-bond donors (Lipinski definition) is 0. The van der Waals surface area contributed by atoms with Crippen molar-refractivity contribution >= 4 is 11.7 Å². The summed E-state index contributed by atoms with van der Waals surface area (Å²) in [5, 5.41) is 4.09. The van der Waals surface area contributed by atoms with E-state index >= 15 is 0 Å². The molecule has 3 fully saturated rings. The van der Waals surface area contributed by atoms with Crippen LogP contribution < -0.4 is 4.90 Å². The Bertz CT molecular complexity index is 1380. The molecule has 2 aromatic carbocycles. The molecule has 1 atom stereocenters. The molecule has 0 amide bonds. The standard InChI is InChI=1S/C31H33F3N2O5/c1-2-38-29(37)21-9-11-22(12-10-21)36-15-13-30(14-16-36)17-23(18-40-30)39-19-25-27(35-41-28(25)20-7-8-20)24-5-3-4-6-26(24)31(32,33)34/h3-6,9-12,20,23H,2,7-8,13-19H2,1H3. The van der Waals surface area contributed by atoms with Crippen LogP contribution in [0.4, 0.5) is 18.9 Å². The van der Waals surface area contributed by atoms with E-state index in [9.17, 15) is 18.0 Å². The summed E-state index contributed by atoms with van der Waals surface area (Å²) in [6.45, 7) is 4.30. The van der Waals surface area contributed by atoms with Crippen molar-refractivity contribution in [2.24, 2.45) is 0 Å². The minimum absolute atomic E-state index is 0.0102. The van der Waals surface area contributed by atoms with Gasteiger partial charge in [0, 0.05) is 42.2 Å². The molecule has 3 aliphatic rings. The second kappa shape index (κ2) is 11.1. The van der Waals surface area contributed by atoms with Gasteiger partial charge in [0.05, 0.1) is 42.7 Å². The van der Waals surface area contributed by atoms with E-state index in [4.69, 9.17) is 18.7 Å². The molecule has 1 unspecified atom stereocenters. The van der Waals surface area contributed by atoms with Crippen LogP contribution in [0.25, 0.3) is 11.3 Å². The lowest BCUT2D eigenvalue weighted by Gasteiger charge is -2.39. The molecule has 41 heavy (non-hydrogen) atoms. The molecule has 0 bridgehead atoms. The highest BCUT2D eigenvalue weighted by Crippen LogP contribution is 2.46. The Morgan fingerprint density at radius 1 is 1.10 bits per heavy atom. The molecule has 1 aromatic heterocycles. The molecule has 10 heteroatoms. The molecule has 2 saturated heterocycles. The lowest BCUT2D eigenvalue weighted by Crippen LogP contribution is -2.44. The molecule has 1 spiro atoms. The minimum atomic E-state index is -4.50. The van der Waals surface area contributed by atoms with E-state index < -0.39 is 11.7 Å². The lowest BCUT2D eigenvalue weighted by molar-refractivity contribution is -0.137. The Morgan fingerprint density at radius 2 is 1.83 bits per heavy atom. The Balaban J connectivity index is 1.09. The predicted octanol–water partition coefficient (Wildman–Crippen LogP) is 6.76. The third kappa shape index (κ3) is 5.85. The minimum Gasteiger partial charge on any atom is -0.462 e. The van der Waals surface area contributed by atoms with Crippen molar-refractivity contribution in [2.75, 3.05) is 31.2 Å². The number of halogens is 3. The fourth-order valence-corrected chi connectivity index (χ4v) is 5.93. The number of hydrogen-bond acceptors (Lipinski definition) is 7. The van der Waals surface area contributed by atoms with Crippen molar-refractivity contribution < 1.29 is 36.7 Å². The van der Waals surface area contributed by atoms with Gasteiger partial charge in [0.1, 0.15) is 11.5 Å². The molecule has 3 aromatic rings. The fraction of sp³-hybridized carbons (Fsp3) is 0.484. The van der Waals surface area contributed by atoms with Gasteiger partial charge in [-0.2, -0.15) is 13.2 Å². The zero-order chi connectivity index (χ0) is 28.6. The van der Waals surface area contributed by atoms with Crippen LogP contribution >= 0.6 is 0 Å². The third-order valence-corrected chi connectivity index (χ3v) is 8.31. The second-order valence-electron chi connectivity index (χ2n) is 11.1. The first-order chi connectivity index (χ1) is 19.8. The lowest BCUT2D eigenvalue weighted by atomic mass is 9.87. The first-order valence-electron chi connectivity index (χ1n) is 14.2. The van der Waals surface area contributed by atoms with Gasteiger partial charge in [-0.25, -0.2) is 4.79 Å². The average Bonchev–Trinajstić information content (AvgIpc) is 3.61. The number of carbonyl (C=O) groups is 1. The number of aromatic nitrogens is 1. The van der Waals surface area contributed by atoms with Crippen LogP contribution in [-0.2, 0) is 27.0 Å². The maximum absolute atomic E-state index is 13.8. The summed E-state index contributed by atoms with van der Waals surface area (Å²) in [6.07, 6.45) is -0.425. The number of piperidine rings is 1. The van der Waals surface area contributed by atoms with Crippen molar-refractivity contribution in [3.05, 3.63) is 71.0 Å². The maximum atomic E-state index is 13.8. The van der Waals surface area contributed by atoms with Crippen LogP contribution in [0.5, 0.6) is 0 Å². The number of esters is 1. The summed E-state index contributed by atoms with van der Waals surface area (Å²) < 4.78 is 64.5. The van der Waals surface area contributed by atoms with Crippen molar-refractivity contribution in [1.82, 2.24) is 5.16 Å². The van der Waals surface area contributed by atoms with E-state index in [1.165, 1.54) is 12.1 Å². The zero-order valence-corrected chi connectivity index (χ0v) is 22.9. The van der Waals surface area contributed by atoms with E-state index in [0.717, 1.165) is 56.9 Å². The van der Waals surface area contributed by atoms with Crippen molar-refractivity contribution in [3.63, 3.8) is 0 Å². The number of benzene rings is 2. The summed E-state index contributed by atoms with van der Waals surface area (Å²) in [5.41, 5.74) is 1.38. The van der Waals surface area contributed by atoms with Crippen LogP contribution in [0, 0.1) is 0 Å². The van der Waals surface area contributed by atoms with E-state index in [0.29, 0.717) is 30.1 Å². The highest BCUT2D eigenvalue weighted by molar-refractivity contribution is 5.89. The second-order valence-corrected chi connectivity index (χ2v) is 11.1. The fourth-order valence-electron chi connectivity index (χ4n) is 5.93. The van der Waals surface area contributed by atoms with E-state index in [1.54, 1.807) is 25.1 Å². The Hall–Kier alpha value is -3.37. The highest BCUT2D eigenvalue weighted by Gasteiger charge is 2.44. The Labute approximate surface area is 236 Å². The molecule has 0 radical (unpaired) electrons. The number of carbonyl (C=O) groups excluding carboxylic acids is 1. The average molecular weight is 571 g/mol. The number of rotatable bonds is 8. The van der Waals surface area contributed by atoms with E-state index in [-0.39, 0.29) is 41.5 Å². The van der Waals surface area contributed by atoms with Gasteiger partial charge in [0.25, 0.3) is 0 Å². The van der Waals surface area contributed by atoms with Gasteiger partial charge in [0.2, 0.25) is 0 Å². The smallest absolute Gasteiger partial charge is 0.417 e. The number of ether oxygens (including phenoxy) is 3. The van der Waals surface area contributed by atoms with Gasteiger partial charge in [-0.05, 0) is 62.9 Å². The first kappa shape index (κ1) is 27.8. The molecule has 0 N–H and O–H groups in total. The summed E-state index contributed by atoms with van der Waals surface area (Å²) in [6, 6.07) is 12.9. The molecule has 1 saturated carbocycles. The van der Waals surface area contributed by atoms with Crippen molar-refractivity contribution in [1.29, 1.82) is 0 Å². The Kier molecular flexibility index (Phi) is 7.54. The molecule has 3 heterocycles. The van der Waals surface area contributed by atoms with Gasteiger partial charge >= 0.3 is 12.1 Å². The summed E-state index contributed by atoms with van der Waals surface area (Å²) >= 11 is 0. The molecule has 6 rings (SSSR count). The van der Waals surface area contributed by atoms with Crippen LogP contribution in [-0.4, -0.2) is 49.1 Å². The monoisotopic (exact) mass is 570 g/mol. The van der Waals surface area contributed by atoms with Gasteiger partial charge in [0.15, 0.2) is 0 Å². The molecule has 218 valence electrons. The summed E-state index contributed by atoms with van der Waals surface area (Å²) in [7, 11) is 0. The normalized spacial score (nSPS) is 20.5. The molecule has 1 aliphatic carbocycles. The summed E-state index contributed by atoms with van der Waals surface area (Å²) in [4.78, 5) is 14.2. The number of nitrogens with zero attached hydrogens (tertiary/aromatic N) is 2. The quantitative estimate of drug-likeness (QED) is 0.277. The molecular formula is C31H33F3N2O5. The van der Waals surface area contributed by atoms with Crippen molar-refractivity contribution in [2.45, 2.75) is 69.4 Å². The SMILES string of the molecule is CCOC(=O)c1ccc(N2CCC3(CC2)CC(OCc2c(-c4ccccc4C(F)(F)F)noc2C2CC2)CO3)cc1. The molecule has 7 nitrogen and oxygen atoms in total. The van der Waals surface area contributed by atoms with Gasteiger partial charge < -0.3 is 23.6 Å². The zero-order valence-electron chi connectivity index (χ0n) is 22.9. The first-order valence-corrected chi connectivity index (χ1v) is 14.2. The van der Waals surface area contributed by atoms with E-state index in [1.807, 2.05) is 12.1 Å². The van der Waals surface area contributed by atoms with Crippen LogP contribution in [0.1, 0.15) is 72.2 Å². The molecule has 2 aliphatic heterocycles. The van der Waals surface area contributed by atoms with E-state index in [2.05, 4.69) is 10.1 Å². The largest absolute Gasteiger partial charge is 0.462 e. The Morgan fingerprint density at radius 3 is 2.51 bits per heavy atom. The van der Waals surface area contributed by atoms with Gasteiger partial charge in [-0.1, -0.05) is 23.4 Å². The van der Waals surface area contributed by atoms with Crippen LogP contribution in [0.15, 0.2) is 53.1 Å². The molecular weight excluding hydrogens is 537 g/mol. The number of anilines is 1. The van der Waals surface area contributed by atoms with Crippen molar-refractivity contribution in [3.8, 4) is 11.3 Å². The van der Waals surface area contributed by atoms with Crippen LogP contribution in [0.3, 0.4) is 0 Å². The summed E-state index contributed by atoms with van der Waals surface area (Å²) in [5.74, 6) is 0.483.